The highest BCUT2D eigenvalue weighted by Gasteiger charge is 2.08. The minimum atomic E-state index is -0.112. The van der Waals surface area contributed by atoms with Crippen molar-refractivity contribution in [2.24, 2.45) is 0 Å². The van der Waals surface area contributed by atoms with Gasteiger partial charge in [0.05, 0.1) is 20.6 Å². The molecule has 0 heterocycles. The first-order valence-electron chi connectivity index (χ1n) is 6.29. The van der Waals surface area contributed by atoms with E-state index in [1.54, 1.807) is 26.4 Å². The summed E-state index contributed by atoms with van der Waals surface area (Å²) in [6.45, 7) is 2.27. The molecule has 0 aliphatic rings. The number of nitrogens with one attached hydrogen (secondary N) is 2. The van der Waals surface area contributed by atoms with Gasteiger partial charge in [-0.2, -0.15) is 0 Å². The number of rotatable bonds is 7. The second kappa shape index (κ2) is 8.04. The number of carbonyl (C=O) groups excluding carboxylic acids is 2. The Balaban J connectivity index is 2.47. The molecule has 0 unspecified atom stereocenters. The molecule has 0 saturated heterocycles. The highest BCUT2D eigenvalue weighted by atomic mass is 16.5. The lowest BCUT2D eigenvalue weighted by molar-refractivity contribution is -0.121. The summed E-state index contributed by atoms with van der Waals surface area (Å²) in [5.74, 6) is 1.00. The molecule has 0 saturated carbocycles. The fourth-order valence-corrected chi connectivity index (χ4v) is 1.68. The molecule has 110 valence electrons. The predicted octanol–water partition coefficient (Wildman–Crippen LogP) is 0.499. The summed E-state index contributed by atoms with van der Waals surface area (Å²) < 4.78 is 10.3. The van der Waals surface area contributed by atoms with E-state index in [0.717, 1.165) is 5.56 Å². The first kappa shape index (κ1) is 15.8. The summed E-state index contributed by atoms with van der Waals surface area (Å²) >= 11 is 0. The maximum atomic E-state index is 11.7. The smallest absolute Gasteiger partial charge is 0.224 e. The van der Waals surface area contributed by atoms with Crippen molar-refractivity contribution in [3.63, 3.8) is 0 Å². The summed E-state index contributed by atoms with van der Waals surface area (Å²) in [5.41, 5.74) is 0.833. The number of ether oxygens (including phenoxy) is 2. The van der Waals surface area contributed by atoms with Crippen molar-refractivity contribution >= 4 is 11.8 Å². The molecule has 0 bridgehead atoms. The number of hydrogen-bond acceptors (Lipinski definition) is 4. The third kappa shape index (κ3) is 5.17. The van der Waals surface area contributed by atoms with E-state index < -0.39 is 0 Å². The summed E-state index contributed by atoms with van der Waals surface area (Å²) in [6.07, 6.45) is 0.250. The van der Waals surface area contributed by atoms with E-state index in [1.165, 1.54) is 6.92 Å². The molecule has 1 aromatic rings. The van der Waals surface area contributed by atoms with Crippen molar-refractivity contribution in [2.45, 2.75) is 13.3 Å². The average molecular weight is 280 g/mol. The largest absolute Gasteiger partial charge is 0.493 e. The Bertz CT molecular complexity index is 474. The fraction of sp³-hybridized carbons (Fsp3) is 0.429. The highest BCUT2D eigenvalue weighted by Crippen LogP contribution is 2.27. The number of amides is 2. The monoisotopic (exact) mass is 280 g/mol. The van der Waals surface area contributed by atoms with E-state index in [-0.39, 0.29) is 18.2 Å². The van der Waals surface area contributed by atoms with Gasteiger partial charge in [-0.15, -0.1) is 0 Å². The van der Waals surface area contributed by atoms with Gasteiger partial charge in [0.25, 0.3) is 0 Å². The van der Waals surface area contributed by atoms with Gasteiger partial charge in [-0.1, -0.05) is 6.07 Å². The molecular formula is C14H20N2O4. The Morgan fingerprint density at radius 1 is 1.05 bits per heavy atom. The van der Waals surface area contributed by atoms with E-state index in [0.29, 0.717) is 24.6 Å². The Morgan fingerprint density at radius 2 is 1.70 bits per heavy atom. The van der Waals surface area contributed by atoms with Crippen molar-refractivity contribution in [3.8, 4) is 11.5 Å². The van der Waals surface area contributed by atoms with E-state index in [4.69, 9.17) is 9.47 Å². The summed E-state index contributed by atoms with van der Waals surface area (Å²) in [4.78, 5) is 22.4. The SMILES string of the molecule is COc1ccc(CC(=O)NCCNC(C)=O)cc1OC. The second-order valence-corrected chi connectivity index (χ2v) is 4.20. The van der Waals surface area contributed by atoms with Crippen molar-refractivity contribution in [2.75, 3.05) is 27.3 Å². The van der Waals surface area contributed by atoms with Crippen LogP contribution in [0.2, 0.25) is 0 Å². The molecule has 1 rings (SSSR count). The molecule has 20 heavy (non-hydrogen) atoms. The molecule has 2 N–H and O–H groups in total. The number of hydrogen-bond donors (Lipinski definition) is 2. The van der Waals surface area contributed by atoms with Crippen molar-refractivity contribution < 1.29 is 19.1 Å². The number of benzene rings is 1. The predicted molar refractivity (Wildman–Crippen MR) is 74.9 cm³/mol. The maximum absolute atomic E-state index is 11.7. The normalized spacial score (nSPS) is 9.75. The Morgan fingerprint density at radius 3 is 2.30 bits per heavy atom. The van der Waals surface area contributed by atoms with Crippen LogP contribution in [-0.2, 0) is 16.0 Å². The molecule has 0 spiro atoms. The summed E-state index contributed by atoms with van der Waals surface area (Å²) in [5, 5.41) is 5.33. The maximum Gasteiger partial charge on any atom is 0.224 e. The van der Waals surface area contributed by atoms with Gasteiger partial charge in [-0.3, -0.25) is 9.59 Å². The van der Waals surface area contributed by atoms with Crippen LogP contribution in [-0.4, -0.2) is 39.1 Å². The fourth-order valence-electron chi connectivity index (χ4n) is 1.68. The molecule has 6 nitrogen and oxygen atoms in total. The number of carbonyl (C=O) groups is 2. The van der Waals surface area contributed by atoms with Gasteiger partial charge < -0.3 is 20.1 Å². The zero-order valence-electron chi connectivity index (χ0n) is 12.0. The van der Waals surface area contributed by atoms with Crippen molar-refractivity contribution in [1.82, 2.24) is 10.6 Å². The summed E-state index contributed by atoms with van der Waals surface area (Å²) in [7, 11) is 3.11. The Kier molecular flexibility index (Phi) is 6.36. The van der Waals surface area contributed by atoms with Gasteiger partial charge >= 0.3 is 0 Å². The lowest BCUT2D eigenvalue weighted by atomic mass is 10.1. The molecule has 2 amide bonds. The van der Waals surface area contributed by atoms with Crippen LogP contribution in [0.3, 0.4) is 0 Å². The highest BCUT2D eigenvalue weighted by molar-refractivity contribution is 5.79. The third-order valence-electron chi connectivity index (χ3n) is 2.63. The van der Waals surface area contributed by atoms with Gasteiger partial charge in [-0.25, -0.2) is 0 Å². The zero-order chi connectivity index (χ0) is 15.0. The Hall–Kier alpha value is -2.24. The minimum Gasteiger partial charge on any atom is -0.493 e. The molecule has 0 radical (unpaired) electrons. The molecular weight excluding hydrogens is 260 g/mol. The van der Waals surface area contributed by atoms with E-state index in [9.17, 15) is 9.59 Å². The van der Waals surface area contributed by atoms with Crippen LogP contribution in [0.15, 0.2) is 18.2 Å². The van der Waals surface area contributed by atoms with Crippen LogP contribution in [0.5, 0.6) is 11.5 Å². The third-order valence-corrected chi connectivity index (χ3v) is 2.63. The standard InChI is InChI=1S/C14H20N2O4/c1-10(17)15-6-7-16-14(18)9-11-4-5-12(19-2)13(8-11)20-3/h4-5,8H,6-7,9H2,1-3H3,(H,15,17)(H,16,18). The first-order valence-corrected chi connectivity index (χ1v) is 6.29. The van der Waals surface area contributed by atoms with Crippen LogP contribution < -0.4 is 20.1 Å². The lowest BCUT2D eigenvalue weighted by Gasteiger charge is -2.10. The van der Waals surface area contributed by atoms with E-state index >= 15 is 0 Å². The quantitative estimate of drug-likeness (QED) is 0.713. The van der Waals surface area contributed by atoms with Gasteiger partial charge in [0.15, 0.2) is 11.5 Å². The van der Waals surface area contributed by atoms with Crippen LogP contribution >= 0.6 is 0 Å². The van der Waals surface area contributed by atoms with Crippen LogP contribution in [0.1, 0.15) is 12.5 Å². The molecule has 0 aliphatic carbocycles. The van der Waals surface area contributed by atoms with Crippen LogP contribution in [0.4, 0.5) is 0 Å². The molecule has 0 atom stereocenters. The Labute approximate surface area is 118 Å². The van der Waals surface area contributed by atoms with Crippen molar-refractivity contribution in [3.05, 3.63) is 23.8 Å². The van der Waals surface area contributed by atoms with Crippen molar-refractivity contribution in [1.29, 1.82) is 0 Å². The molecule has 0 aromatic heterocycles. The molecule has 1 aromatic carbocycles. The van der Waals surface area contributed by atoms with Gasteiger partial charge in [0.1, 0.15) is 0 Å². The van der Waals surface area contributed by atoms with Gasteiger partial charge in [0.2, 0.25) is 11.8 Å². The van der Waals surface area contributed by atoms with Crippen LogP contribution in [0.25, 0.3) is 0 Å². The minimum absolute atomic E-state index is 0.109. The molecule has 0 aliphatic heterocycles. The van der Waals surface area contributed by atoms with Gasteiger partial charge in [0, 0.05) is 20.0 Å². The van der Waals surface area contributed by atoms with Gasteiger partial charge in [-0.05, 0) is 17.7 Å². The average Bonchev–Trinajstić information content (AvgIpc) is 2.43. The topological polar surface area (TPSA) is 76.7 Å². The molecule has 0 fully saturated rings. The summed E-state index contributed by atoms with van der Waals surface area (Å²) in [6, 6.07) is 5.35. The first-order chi connectivity index (χ1) is 9.56. The van der Waals surface area contributed by atoms with Crippen LogP contribution in [0, 0.1) is 0 Å². The second-order valence-electron chi connectivity index (χ2n) is 4.20. The van der Waals surface area contributed by atoms with E-state index in [1.807, 2.05) is 6.07 Å². The molecule has 6 heteroatoms. The lowest BCUT2D eigenvalue weighted by Crippen LogP contribution is -2.34. The zero-order valence-corrected chi connectivity index (χ0v) is 12.0. The number of methoxy groups -OCH3 is 2. The van der Waals surface area contributed by atoms with E-state index in [2.05, 4.69) is 10.6 Å².